The van der Waals surface area contributed by atoms with E-state index in [2.05, 4.69) is 13.8 Å². The van der Waals surface area contributed by atoms with Crippen LogP contribution < -0.4 is 5.73 Å². The van der Waals surface area contributed by atoms with Gasteiger partial charge in [-0.1, -0.05) is 13.8 Å². The summed E-state index contributed by atoms with van der Waals surface area (Å²) in [7, 11) is 0. The Bertz CT molecular complexity index is 257. The highest BCUT2D eigenvalue weighted by Gasteiger charge is 2.27. The Labute approximate surface area is 110 Å². The van der Waals surface area contributed by atoms with E-state index in [4.69, 9.17) is 15.2 Å². The van der Waals surface area contributed by atoms with Gasteiger partial charge in [0.15, 0.2) is 0 Å². The minimum Gasteiger partial charge on any atom is -0.462 e. The fourth-order valence-corrected chi connectivity index (χ4v) is 2.47. The van der Waals surface area contributed by atoms with E-state index in [0.29, 0.717) is 19.1 Å². The maximum absolute atomic E-state index is 11.8. The van der Waals surface area contributed by atoms with Gasteiger partial charge < -0.3 is 15.2 Å². The molecule has 0 radical (unpaired) electrons. The van der Waals surface area contributed by atoms with Gasteiger partial charge in [0, 0.05) is 13.2 Å². The lowest BCUT2D eigenvalue weighted by Crippen LogP contribution is -2.32. The largest absolute Gasteiger partial charge is 0.462 e. The third-order valence-corrected chi connectivity index (χ3v) is 3.91. The Hall–Kier alpha value is -0.610. The maximum atomic E-state index is 11.8. The summed E-state index contributed by atoms with van der Waals surface area (Å²) in [6.45, 7) is 7.34. The molecule has 1 rings (SSSR count). The first-order chi connectivity index (χ1) is 8.56. The van der Waals surface area contributed by atoms with Gasteiger partial charge in [-0.05, 0) is 38.0 Å². The number of hydrogen-bond acceptors (Lipinski definition) is 4. The molecule has 0 aliphatic heterocycles. The van der Waals surface area contributed by atoms with Crippen molar-refractivity contribution >= 4 is 5.97 Å². The molecule has 2 N–H and O–H groups in total. The maximum Gasteiger partial charge on any atom is 0.308 e. The molecule has 1 saturated carbocycles. The molecule has 4 unspecified atom stereocenters. The molecular weight excluding hydrogens is 230 g/mol. The first-order valence-corrected chi connectivity index (χ1v) is 7.07. The highest BCUT2D eigenvalue weighted by atomic mass is 16.5. The van der Waals surface area contributed by atoms with Crippen LogP contribution in [-0.2, 0) is 14.3 Å². The van der Waals surface area contributed by atoms with E-state index in [0.717, 1.165) is 25.2 Å². The van der Waals surface area contributed by atoms with E-state index < -0.39 is 0 Å². The number of carbonyl (C=O) groups excluding carboxylic acids is 1. The first-order valence-electron chi connectivity index (χ1n) is 7.07. The topological polar surface area (TPSA) is 61.5 Å². The smallest absolute Gasteiger partial charge is 0.308 e. The number of rotatable bonds is 6. The van der Waals surface area contributed by atoms with Crippen LogP contribution >= 0.6 is 0 Å². The molecule has 1 aliphatic rings. The van der Waals surface area contributed by atoms with Crippen molar-refractivity contribution in [2.24, 2.45) is 17.6 Å². The zero-order valence-electron chi connectivity index (χ0n) is 11.9. The van der Waals surface area contributed by atoms with Crippen molar-refractivity contribution in [2.45, 2.75) is 58.7 Å². The van der Waals surface area contributed by atoms with Gasteiger partial charge in [0.1, 0.15) is 6.10 Å². The van der Waals surface area contributed by atoms with Crippen LogP contribution in [0, 0.1) is 11.8 Å². The molecule has 4 heteroatoms. The van der Waals surface area contributed by atoms with Crippen LogP contribution in [0.2, 0.25) is 0 Å². The Balaban J connectivity index is 2.31. The van der Waals surface area contributed by atoms with Crippen molar-refractivity contribution in [1.29, 1.82) is 0 Å². The lowest BCUT2D eigenvalue weighted by molar-refractivity contribution is -0.154. The predicted molar refractivity (Wildman–Crippen MR) is 71.1 cm³/mol. The molecule has 0 saturated heterocycles. The van der Waals surface area contributed by atoms with E-state index in [1.807, 2.05) is 6.92 Å². The molecular formula is C14H27NO3. The van der Waals surface area contributed by atoms with Gasteiger partial charge in [-0.2, -0.15) is 0 Å². The second kappa shape index (κ2) is 7.74. The Morgan fingerprint density at radius 3 is 2.61 bits per heavy atom. The Morgan fingerprint density at radius 1 is 1.33 bits per heavy atom. The molecule has 4 atom stereocenters. The highest BCUT2D eigenvalue weighted by Crippen LogP contribution is 2.31. The van der Waals surface area contributed by atoms with E-state index in [-0.39, 0.29) is 24.6 Å². The average Bonchev–Trinajstić information content (AvgIpc) is 2.33. The number of hydrogen-bond donors (Lipinski definition) is 1. The molecule has 1 aliphatic carbocycles. The minimum absolute atomic E-state index is 0.0868. The Kier molecular flexibility index (Phi) is 6.65. The minimum atomic E-state index is -0.206. The fraction of sp³-hybridized carbons (Fsp3) is 0.929. The molecule has 0 aromatic carbocycles. The quantitative estimate of drug-likeness (QED) is 0.740. The van der Waals surface area contributed by atoms with Gasteiger partial charge in [-0.15, -0.1) is 0 Å². The monoisotopic (exact) mass is 257 g/mol. The number of ether oxygens (including phenoxy) is 2. The van der Waals surface area contributed by atoms with Crippen molar-refractivity contribution in [3.63, 3.8) is 0 Å². The summed E-state index contributed by atoms with van der Waals surface area (Å²) in [6.07, 6.45) is 3.26. The van der Waals surface area contributed by atoms with E-state index in [1.165, 1.54) is 0 Å². The van der Waals surface area contributed by atoms with Crippen LogP contribution in [0.25, 0.3) is 0 Å². The van der Waals surface area contributed by atoms with E-state index in [1.54, 1.807) is 0 Å². The van der Waals surface area contributed by atoms with E-state index in [9.17, 15) is 4.79 Å². The lowest BCUT2D eigenvalue weighted by Gasteiger charge is -2.31. The molecule has 0 aromatic heterocycles. The van der Waals surface area contributed by atoms with Crippen molar-refractivity contribution in [2.75, 3.05) is 13.2 Å². The van der Waals surface area contributed by atoms with Gasteiger partial charge in [-0.25, -0.2) is 0 Å². The fourth-order valence-electron chi connectivity index (χ4n) is 2.47. The second-order valence-electron chi connectivity index (χ2n) is 5.40. The zero-order chi connectivity index (χ0) is 13.5. The molecule has 0 spiro atoms. The van der Waals surface area contributed by atoms with Crippen LogP contribution in [0.15, 0.2) is 0 Å². The standard InChI is InChI=1S/C14H27NO3/c1-4-17-13(9-15)8-14(16)18-12-6-5-10(2)11(3)7-12/h10-13H,4-9,15H2,1-3H3. The molecule has 1 fully saturated rings. The summed E-state index contributed by atoms with van der Waals surface area (Å²) >= 11 is 0. The zero-order valence-corrected chi connectivity index (χ0v) is 11.9. The van der Waals surface area contributed by atoms with Crippen LogP contribution in [0.3, 0.4) is 0 Å². The molecule has 0 amide bonds. The summed E-state index contributed by atoms with van der Waals surface area (Å²) in [5, 5.41) is 0. The number of esters is 1. The summed E-state index contributed by atoms with van der Waals surface area (Å²) in [4.78, 5) is 11.8. The van der Waals surface area contributed by atoms with Gasteiger partial charge in [0.05, 0.1) is 12.5 Å². The average molecular weight is 257 g/mol. The van der Waals surface area contributed by atoms with E-state index >= 15 is 0 Å². The second-order valence-corrected chi connectivity index (χ2v) is 5.40. The summed E-state index contributed by atoms with van der Waals surface area (Å²) in [5.41, 5.74) is 5.55. The summed E-state index contributed by atoms with van der Waals surface area (Å²) < 4.78 is 10.9. The van der Waals surface area contributed by atoms with Crippen LogP contribution in [-0.4, -0.2) is 31.3 Å². The summed E-state index contributed by atoms with van der Waals surface area (Å²) in [5.74, 6) is 1.19. The molecule has 0 aromatic rings. The van der Waals surface area contributed by atoms with Crippen LogP contribution in [0.4, 0.5) is 0 Å². The molecule has 18 heavy (non-hydrogen) atoms. The SMILES string of the molecule is CCOC(CN)CC(=O)OC1CCC(C)C(C)C1. The number of carbonyl (C=O) groups is 1. The van der Waals surface area contributed by atoms with Gasteiger partial charge in [-0.3, -0.25) is 4.79 Å². The lowest BCUT2D eigenvalue weighted by atomic mass is 9.80. The Morgan fingerprint density at radius 2 is 2.06 bits per heavy atom. The van der Waals surface area contributed by atoms with Gasteiger partial charge in [0.2, 0.25) is 0 Å². The number of nitrogens with two attached hydrogens (primary N) is 1. The first kappa shape index (κ1) is 15.4. The molecule has 0 bridgehead atoms. The van der Waals surface area contributed by atoms with Gasteiger partial charge in [0.25, 0.3) is 0 Å². The van der Waals surface area contributed by atoms with Crippen molar-refractivity contribution in [3.8, 4) is 0 Å². The molecule has 106 valence electrons. The third kappa shape index (κ3) is 4.94. The normalized spacial score (nSPS) is 29.9. The third-order valence-electron chi connectivity index (χ3n) is 3.91. The highest BCUT2D eigenvalue weighted by molar-refractivity contribution is 5.70. The summed E-state index contributed by atoms with van der Waals surface area (Å²) in [6, 6.07) is 0. The van der Waals surface area contributed by atoms with Crippen LogP contribution in [0.5, 0.6) is 0 Å². The molecule has 0 heterocycles. The van der Waals surface area contributed by atoms with Crippen molar-refractivity contribution in [1.82, 2.24) is 0 Å². The van der Waals surface area contributed by atoms with Crippen LogP contribution in [0.1, 0.15) is 46.5 Å². The van der Waals surface area contributed by atoms with Gasteiger partial charge >= 0.3 is 5.97 Å². The predicted octanol–water partition coefficient (Wildman–Crippen LogP) is 2.11. The van der Waals surface area contributed by atoms with Crippen molar-refractivity contribution in [3.05, 3.63) is 0 Å². The molecule has 4 nitrogen and oxygen atoms in total. The van der Waals surface area contributed by atoms with Crippen molar-refractivity contribution < 1.29 is 14.3 Å².